The molecule has 1 amide bonds. The van der Waals surface area contributed by atoms with Gasteiger partial charge in [0.05, 0.1) is 10.6 Å². The van der Waals surface area contributed by atoms with Crippen LogP contribution in [0.15, 0.2) is 83.9 Å². The van der Waals surface area contributed by atoms with Crippen molar-refractivity contribution >= 4 is 26.6 Å². The van der Waals surface area contributed by atoms with E-state index in [4.69, 9.17) is 10.5 Å². The summed E-state index contributed by atoms with van der Waals surface area (Å²) in [5.41, 5.74) is 13.1. The van der Waals surface area contributed by atoms with Crippen LogP contribution in [0.1, 0.15) is 46.1 Å². The average molecular weight is 569 g/mol. The lowest BCUT2D eigenvalue weighted by atomic mass is 9.91. The second-order valence-corrected chi connectivity index (χ2v) is 12.8. The molecule has 8 nitrogen and oxygen atoms in total. The Bertz CT molecular complexity index is 1850. The third-order valence-electron chi connectivity index (χ3n) is 7.86. The highest BCUT2D eigenvalue weighted by molar-refractivity contribution is 7.90. The molecule has 0 spiro atoms. The first-order valence-electron chi connectivity index (χ1n) is 13.6. The van der Waals surface area contributed by atoms with Gasteiger partial charge in [0.15, 0.2) is 15.5 Å². The molecule has 9 heteroatoms. The standard InChI is InChI=1S/C32H32N4O4S/c1-21-17-30(32(33)37)34-36(21)26-9-12-31-28(18-26)29(25-13-15-40-16-14-25)20-35(31)19-22-3-5-23(6-4-22)24-7-10-27(11-8-24)41(2,38)39/h3-12,17-18,20,25H,13-16,19H2,1-2H3,(H2,33,37). The van der Waals surface area contributed by atoms with E-state index in [1.54, 1.807) is 22.9 Å². The Labute approximate surface area is 239 Å². The van der Waals surface area contributed by atoms with Crippen molar-refractivity contribution in [2.24, 2.45) is 5.73 Å². The SMILES string of the molecule is Cc1cc(C(N)=O)nn1-c1ccc2c(c1)c(C1CCOCC1)cn2Cc1ccc(-c2ccc(S(C)(=O)=O)cc2)cc1. The fraction of sp³-hybridized carbons (Fsp3) is 0.250. The Morgan fingerprint density at radius 1 is 0.976 bits per heavy atom. The number of sulfone groups is 1. The van der Waals surface area contributed by atoms with Crippen molar-refractivity contribution < 1.29 is 17.9 Å². The summed E-state index contributed by atoms with van der Waals surface area (Å²) in [6.07, 6.45) is 5.44. The summed E-state index contributed by atoms with van der Waals surface area (Å²) >= 11 is 0. The number of nitrogens with zero attached hydrogens (tertiary/aromatic N) is 3. The summed E-state index contributed by atoms with van der Waals surface area (Å²) in [5.74, 6) is -0.140. The second-order valence-electron chi connectivity index (χ2n) is 10.7. The van der Waals surface area contributed by atoms with Gasteiger partial charge in [0.1, 0.15) is 0 Å². The number of hydrogen-bond donors (Lipinski definition) is 1. The van der Waals surface area contributed by atoms with Crippen LogP contribution in [0.25, 0.3) is 27.7 Å². The van der Waals surface area contributed by atoms with E-state index in [9.17, 15) is 13.2 Å². The molecule has 0 aliphatic carbocycles. The van der Waals surface area contributed by atoms with E-state index in [0.717, 1.165) is 59.6 Å². The zero-order valence-corrected chi connectivity index (χ0v) is 23.9. The van der Waals surface area contributed by atoms with Gasteiger partial charge in [-0.15, -0.1) is 0 Å². The number of aryl methyl sites for hydroxylation is 1. The molecule has 41 heavy (non-hydrogen) atoms. The number of nitrogens with two attached hydrogens (primary N) is 1. The molecular weight excluding hydrogens is 536 g/mol. The molecule has 1 saturated heterocycles. The number of amides is 1. The normalized spacial score (nSPS) is 14.5. The van der Waals surface area contributed by atoms with Gasteiger partial charge in [-0.05, 0) is 84.3 Å². The summed E-state index contributed by atoms with van der Waals surface area (Å²) < 4.78 is 33.3. The first kappa shape index (κ1) is 27.0. The van der Waals surface area contributed by atoms with Crippen LogP contribution in [0.3, 0.4) is 0 Å². The number of benzene rings is 3. The largest absolute Gasteiger partial charge is 0.381 e. The molecule has 6 rings (SSSR count). The lowest BCUT2D eigenvalue weighted by Crippen LogP contribution is -2.14. The van der Waals surface area contributed by atoms with E-state index in [1.165, 1.54) is 17.2 Å². The quantitative estimate of drug-likeness (QED) is 0.289. The molecule has 1 fully saturated rings. The minimum absolute atomic E-state index is 0.250. The summed E-state index contributed by atoms with van der Waals surface area (Å²) in [6, 6.07) is 23.4. The van der Waals surface area contributed by atoms with Crippen molar-refractivity contribution in [1.82, 2.24) is 14.3 Å². The number of rotatable bonds is 7. The van der Waals surface area contributed by atoms with E-state index in [0.29, 0.717) is 17.4 Å². The number of primary amides is 1. The maximum absolute atomic E-state index is 11.8. The summed E-state index contributed by atoms with van der Waals surface area (Å²) in [6.45, 7) is 4.13. The fourth-order valence-corrected chi connectivity index (χ4v) is 6.29. The van der Waals surface area contributed by atoms with Crippen molar-refractivity contribution in [2.45, 2.75) is 37.1 Å². The van der Waals surface area contributed by atoms with Crippen LogP contribution in [0.4, 0.5) is 0 Å². The molecule has 1 aliphatic heterocycles. The third-order valence-corrected chi connectivity index (χ3v) is 8.99. The molecular formula is C32H32N4O4S. The second kappa shape index (κ2) is 10.6. The van der Waals surface area contributed by atoms with Crippen LogP contribution in [-0.4, -0.2) is 48.1 Å². The Morgan fingerprint density at radius 3 is 2.24 bits per heavy atom. The van der Waals surface area contributed by atoms with Crippen LogP contribution in [0.5, 0.6) is 0 Å². The monoisotopic (exact) mass is 568 g/mol. The van der Waals surface area contributed by atoms with E-state index in [1.807, 2.05) is 25.1 Å². The van der Waals surface area contributed by atoms with Crippen LogP contribution in [0, 0.1) is 6.92 Å². The minimum atomic E-state index is -3.22. The van der Waals surface area contributed by atoms with Gasteiger partial charge in [0.25, 0.3) is 5.91 Å². The molecule has 0 unspecified atom stereocenters. The van der Waals surface area contributed by atoms with Gasteiger partial charge in [-0.25, -0.2) is 13.1 Å². The van der Waals surface area contributed by atoms with Gasteiger partial charge in [-0.2, -0.15) is 5.10 Å². The van der Waals surface area contributed by atoms with Gasteiger partial charge in [-0.3, -0.25) is 4.79 Å². The van der Waals surface area contributed by atoms with Gasteiger partial charge in [0.2, 0.25) is 0 Å². The van der Waals surface area contributed by atoms with Crippen molar-refractivity contribution in [1.29, 1.82) is 0 Å². The van der Waals surface area contributed by atoms with E-state index >= 15 is 0 Å². The highest BCUT2D eigenvalue weighted by Crippen LogP contribution is 2.35. The molecule has 0 radical (unpaired) electrons. The van der Waals surface area contributed by atoms with Crippen LogP contribution >= 0.6 is 0 Å². The Hall–Kier alpha value is -4.21. The topological polar surface area (TPSA) is 109 Å². The molecule has 1 aliphatic rings. The molecule has 2 aromatic heterocycles. The van der Waals surface area contributed by atoms with Crippen LogP contribution in [-0.2, 0) is 21.1 Å². The van der Waals surface area contributed by atoms with Gasteiger partial charge < -0.3 is 15.0 Å². The molecule has 210 valence electrons. The molecule has 0 atom stereocenters. The number of fused-ring (bicyclic) bond motifs is 1. The van der Waals surface area contributed by atoms with Crippen molar-refractivity contribution in [3.8, 4) is 16.8 Å². The summed E-state index contributed by atoms with van der Waals surface area (Å²) in [5, 5.41) is 5.61. The van der Waals surface area contributed by atoms with E-state index in [2.05, 4.69) is 52.3 Å². The zero-order valence-electron chi connectivity index (χ0n) is 23.1. The Kier molecular flexibility index (Phi) is 7.01. The lowest BCUT2D eigenvalue weighted by Gasteiger charge is -2.21. The maximum atomic E-state index is 11.8. The Balaban J connectivity index is 1.33. The molecule has 3 heterocycles. The predicted molar refractivity (Wildman–Crippen MR) is 159 cm³/mol. The third kappa shape index (κ3) is 5.42. The summed E-state index contributed by atoms with van der Waals surface area (Å²) in [4.78, 5) is 12.0. The van der Waals surface area contributed by atoms with Gasteiger partial charge in [0, 0.05) is 48.8 Å². The van der Waals surface area contributed by atoms with Crippen LogP contribution in [0.2, 0.25) is 0 Å². The van der Waals surface area contributed by atoms with Crippen LogP contribution < -0.4 is 5.73 Å². The van der Waals surface area contributed by atoms with Gasteiger partial charge in [-0.1, -0.05) is 36.4 Å². The molecule has 2 N–H and O–H groups in total. The van der Waals surface area contributed by atoms with E-state index < -0.39 is 15.7 Å². The fourth-order valence-electron chi connectivity index (χ4n) is 5.66. The van der Waals surface area contributed by atoms with E-state index in [-0.39, 0.29) is 5.69 Å². The number of aromatic nitrogens is 3. The maximum Gasteiger partial charge on any atom is 0.269 e. The molecule has 5 aromatic rings. The molecule has 0 saturated carbocycles. The highest BCUT2D eigenvalue weighted by atomic mass is 32.2. The Morgan fingerprint density at radius 2 is 1.63 bits per heavy atom. The predicted octanol–water partition coefficient (Wildman–Crippen LogP) is 5.25. The smallest absolute Gasteiger partial charge is 0.269 e. The number of hydrogen-bond acceptors (Lipinski definition) is 5. The van der Waals surface area contributed by atoms with Gasteiger partial charge >= 0.3 is 0 Å². The van der Waals surface area contributed by atoms with Crippen molar-refractivity contribution in [3.05, 3.63) is 102 Å². The first-order chi connectivity index (χ1) is 19.7. The minimum Gasteiger partial charge on any atom is -0.381 e. The highest BCUT2D eigenvalue weighted by Gasteiger charge is 2.22. The van der Waals surface area contributed by atoms with Crippen molar-refractivity contribution in [2.75, 3.05) is 19.5 Å². The number of carbonyl (C=O) groups excluding carboxylic acids is 1. The first-order valence-corrected chi connectivity index (χ1v) is 15.5. The molecule has 3 aromatic carbocycles. The average Bonchev–Trinajstić information content (AvgIpc) is 3.54. The zero-order chi connectivity index (χ0) is 28.7. The molecule has 0 bridgehead atoms. The lowest BCUT2D eigenvalue weighted by molar-refractivity contribution is 0.0855. The number of ether oxygens (including phenoxy) is 1. The van der Waals surface area contributed by atoms with Crippen molar-refractivity contribution in [3.63, 3.8) is 0 Å². The number of carbonyl (C=O) groups is 1. The summed E-state index contributed by atoms with van der Waals surface area (Å²) in [7, 11) is -3.22.